The summed E-state index contributed by atoms with van der Waals surface area (Å²) in [5.41, 5.74) is 1.90. The van der Waals surface area contributed by atoms with Crippen molar-refractivity contribution in [2.75, 3.05) is 40.8 Å². The number of halogens is 9. The van der Waals surface area contributed by atoms with Gasteiger partial charge in [0.1, 0.15) is 40.3 Å². The van der Waals surface area contributed by atoms with E-state index in [0.717, 1.165) is 72.2 Å². The number of piperidine rings is 3. The van der Waals surface area contributed by atoms with Gasteiger partial charge in [0.25, 0.3) is 0 Å². The molecule has 143 heavy (non-hydrogen) atoms. The van der Waals surface area contributed by atoms with Gasteiger partial charge in [-0.2, -0.15) is 39.5 Å². The molecule has 15 rings (SSSR count). The van der Waals surface area contributed by atoms with Crippen LogP contribution in [-0.4, -0.2) is 260 Å². The van der Waals surface area contributed by atoms with E-state index in [2.05, 4.69) is 40.4 Å². The van der Waals surface area contributed by atoms with Crippen molar-refractivity contribution >= 4 is 72.2 Å². The Kier molecular flexibility index (Phi) is 38.3. The normalized spacial score (nSPS) is 26.1. The van der Waals surface area contributed by atoms with Crippen LogP contribution in [0.15, 0.2) is 96.4 Å². The lowest BCUT2D eigenvalue weighted by atomic mass is 9.50. The third-order valence-electron chi connectivity index (χ3n) is 28.9. The first-order chi connectivity index (χ1) is 67.4. The summed E-state index contributed by atoms with van der Waals surface area (Å²) in [6.45, 7) is 14.9. The van der Waals surface area contributed by atoms with E-state index in [1.807, 2.05) is 57.5 Å². The standard InChI is InChI=1S/C43H63NO8.C27H31NO10.C26H31NO8.3C2HF3O/c1-6-7-8-9-10-11-12-13-14-15-16-17-18-19-20-21-30(2)49-31(3)40(46)50-32(4)41(47)51-35-24-25-43(48)36-28-33-22-23-34(29-45)38-37(33)42(43,39(35)52-38)26-27-44(36)5;1-14(30)11-18(25(33)34)37-21(32)6-5-20(31)36-17-7-8-27(35)19-12-15-3-4-16(13-29)23-22(15)26(27,24(17)38-23)9-10-28(19)2;1-14(29)15(2)33-20(30)6-7-21(31)34-18-8-9-26(32)19-12-16-4-5-17(13-28)23-22(16)25(26,24(18)35-23)10-11-27(19)3;3*3-2(4,5)1-6/h13-14,22-24,31-32,36,39,45,48H,2,6-12,15-21,25-29H2,1,3-5H3;3-4,7,18-19,24,29,35H,5-6,8-13H2,1-2H3,(H,33,34);4-5,8,15,19,24,28,32H,6-7,9-13H2,1-3H3;3*1H/b14-13-;;;;;/t31-,32-,36+,39-,42-,43+;18?,19-,24+,26+,27-;15-,19+,24-,25-,26+;;;/m010.../s1. The molecular weight excluding hydrogens is 1900 g/mol. The molecule has 6 aliphatic heterocycles. The third kappa shape index (κ3) is 25.1. The Labute approximate surface area is 821 Å². The van der Waals surface area contributed by atoms with Crippen molar-refractivity contribution in [3.05, 3.63) is 146 Å². The molecule has 6 bridgehead atoms. The second-order valence-electron chi connectivity index (χ2n) is 38.2. The molecule has 3 aromatic carbocycles. The van der Waals surface area contributed by atoms with Crippen LogP contribution in [0.5, 0.6) is 17.2 Å². The summed E-state index contributed by atoms with van der Waals surface area (Å²) in [6, 6.07) is 11.1. The number of unbranched alkanes of at least 4 members (excludes halogenated alkanes) is 11. The number of allylic oxidation sites excluding steroid dienone is 3. The van der Waals surface area contributed by atoms with E-state index < -0.39 is 174 Å². The van der Waals surface area contributed by atoms with Gasteiger partial charge < -0.3 is 97.8 Å². The van der Waals surface area contributed by atoms with Crippen molar-refractivity contribution in [1.29, 1.82) is 0 Å². The summed E-state index contributed by atoms with van der Waals surface area (Å²) in [5, 5.41) is 75.9. The smallest absolute Gasteiger partial charge is 0.446 e. The number of carboxylic acids is 1. The number of benzene rings is 3. The molecule has 3 fully saturated rings. The molecule has 6 aliphatic carbocycles. The highest BCUT2D eigenvalue weighted by atomic mass is 19.4. The summed E-state index contributed by atoms with van der Waals surface area (Å²) in [6.07, 6.45) is 5.36. The van der Waals surface area contributed by atoms with Crippen LogP contribution in [0.1, 0.15) is 252 Å². The zero-order chi connectivity index (χ0) is 105. The first kappa shape index (κ1) is 114. The number of ketones is 2. The molecule has 16 atom stereocenters. The van der Waals surface area contributed by atoms with Crippen LogP contribution >= 0.6 is 0 Å². The topological polar surface area (TPSA) is 448 Å². The average molecular weight is 2030 g/mol. The lowest BCUT2D eigenvalue weighted by Crippen LogP contribution is -2.74. The van der Waals surface area contributed by atoms with E-state index in [0.29, 0.717) is 109 Å². The Bertz CT molecular complexity index is 5260. The monoisotopic (exact) mass is 2030 g/mol. The van der Waals surface area contributed by atoms with Gasteiger partial charge in [0.05, 0.1) is 90.7 Å². The minimum atomic E-state index is -4.64. The molecular formula is C102H128F9N3O29. The van der Waals surface area contributed by atoms with E-state index in [9.17, 15) is 113 Å². The lowest BCUT2D eigenvalue weighted by molar-refractivity contribution is -0.177. The number of Topliss-reactive ketones (excluding diaryl/α,β-unsaturated/α-hetero) is 2. The molecule has 12 aliphatic rings. The second kappa shape index (κ2) is 48.0. The summed E-state index contributed by atoms with van der Waals surface area (Å²) in [5.74, 6) is -3.47. The van der Waals surface area contributed by atoms with Crippen LogP contribution < -0.4 is 14.2 Å². The van der Waals surface area contributed by atoms with Crippen LogP contribution in [0, 0.1) is 0 Å². The van der Waals surface area contributed by atoms with E-state index in [-0.39, 0.29) is 81.6 Å². The quantitative estimate of drug-likeness (QED) is 0.00533. The lowest BCUT2D eigenvalue weighted by Gasteiger charge is -2.61. The van der Waals surface area contributed by atoms with E-state index in [1.54, 1.807) is 25.2 Å². The van der Waals surface area contributed by atoms with Crippen molar-refractivity contribution in [2.24, 2.45) is 0 Å². The van der Waals surface area contributed by atoms with Gasteiger partial charge in [-0.1, -0.05) is 113 Å². The summed E-state index contributed by atoms with van der Waals surface area (Å²) >= 11 is 0. The first-order valence-corrected chi connectivity index (χ1v) is 48.1. The van der Waals surface area contributed by atoms with Crippen molar-refractivity contribution in [3.63, 3.8) is 0 Å². The molecule has 0 aromatic heterocycles. The van der Waals surface area contributed by atoms with E-state index >= 15 is 0 Å². The maximum Gasteiger partial charge on any atom is 0.446 e. The number of carboxylic acid groups (broad SMARTS) is 1. The maximum absolute atomic E-state index is 13.3. The van der Waals surface area contributed by atoms with Crippen LogP contribution in [0.25, 0.3) is 0 Å². The molecule has 41 heteroatoms. The van der Waals surface area contributed by atoms with Gasteiger partial charge in [-0.25, -0.2) is 14.4 Å². The number of aliphatic hydroxyl groups is 6. The molecule has 3 saturated heterocycles. The molecule has 32 nitrogen and oxygen atoms in total. The van der Waals surface area contributed by atoms with Crippen LogP contribution in [0.4, 0.5) is 39.5 Å². The average Bonchev–Trinajstić information content (AvgIpc) is 1.53. The number of nitrogens with zero attached hydrogens (tertiary/aromatic N) is 3. The highest BCUT2D eigenvalue weighted by molar-refractivity contribution is 5.87. The Morgan fingerprint density at radius 2 is 0.783 bits per heavy atom. The number of carbonyl (C=O) groups is 12. The second-order valence-corrected chi connectivity index (χ2v) is 38.2. The number of alkyl halides is 9. The molecule has 3 aromatic rings. The van der Waals surface area contributed by atoms with Crippen LogP contribution in [0.2, 0.25) is 0 Å². The minimum Gasteiger partial charge on any atom is -0.484 e. The Morgan fingerprint density at radius 3 is 1.12 bits per heavy atom. The number of aldehydes is 3. The van der Waals surface area contributed by atoms with Crippen molar-refractivity contribution in [2.45, 2.75) is 354 Å². The van der Waals surface area contributed by atoms with Gasteiger partial charge >= 0.3 is 60.3 Å². The number of likely N-dealkylation sites (tertiary alicyclic amines) is 3. The number of ether oxygens (including phenoxy) is 10. The van der Waals surface area contributed by atoms with Gasteiger partial charge in [0.2, 0.25) is 25.0 Å². The number of hydrogen-bond donors (Lipinski definition) is 7. The number of aliphatic carboxylic acids is 1. The van der Waals surface area contributed by atoms with E-state index in [1.165, 1.54) is 85.5 Å². The number of rotatable bonds is 38. The predicted octanol–water partition coefficient (Wildman–Crippen LogP) is 12.2. The van der Waals surface area contributed by atoms with Crippen LogP contribution in [-0.2, 0) is 146 Å². The molecule has 0 saturated carbocycles. The number of esters is 6. The third-order valence-corrected chi connectivity index (χ3v) is 28.9. The molecule has 1 unspecified atom stereocenters. The zero-order valence-corrected chi connectivity index (χ0v) is 81.5. The largest absolute Gasteiger partial charge is 0.484 e. The van der Waals surface area contributed by atoms with Gasteiger partial charge in [-0.15, -0.1) is 0 Å². The number of likely N-dealkylation sites (N-methyl/N-ethyl adjacent to an activating group) is 3. The minimum absolute atomic E-state index is 0.118. The fraction of sp³-hybridized carbons (Fsp3) is 0.608. The number of aliphatic hydroxyl groups excluding tert-OH is 3. The van der Waals surface area contributed by atoms with Crippen molar-refractivity contribution in [1.82, 2.24) is 14.7 Å². The van der Waals surface area contributed by atoms with Gasteiger partial charge in [0, 0.05) is 77.2 Å². The van der Waals surface area contributed by atoms with Crippen molar-refractivity contribution < 1.29 is 180 Å². The molecule has 6 heterocycles. The van der Waals surface area contributed by atoms with Gasteiger partial charge in [-0.05, 0) is 181 Å². The van der Waals surface area contributed by atoms with Gasteiger partial charge in [-0.3, -0.25) is 43.2 Å². The Morgan fingerprint density at radius 1 is 0.455 bits per heavy atom. The Hall–Kier alpha value is -10.8. The summed E-state index contributed by atoms with van der Waals surface area (Å²) in [4.78, 5) is 142. The molecule has 0 amide bonds. The number of hydrogen-bond acceptors (Lipinski definition) is 31. The summed E-state index contributed by atoms with van der Waals surface area (Å²) in [7, 11) is 6.03. The molecule has 3 spiro atoms. The Balaban J connectivity index is 0.000000205. The highest BCUT2D eigenvalue weighted by Crippen LogP contribution is 2.68. The highest BCUT2D eigenvalue weighted by Gasteiger charge is 2.75. The first-order valence-electron chi connectivity index (χ1n) is 48.1. The SMILES string of the molecule is C=C(CCCCCCC/C=C\CCCCCCCC)O[C@@H](C)C(=O)O[C@@H](C)C(=O)OC1=CC[C@@]2(O)[C@H]3Cc4ccc(CO)c5c4[C@@]2(CCN3C)[C@H]1O5.CC(=O)CC(OC(=O)CCC(=O)OC1=CC[C@@]2(O)[C@H]3Cc4ccc(CO)c5c4[C@@]2(CCN3C)[C@H]1O5)C(=O)O.CC(=O)[C@H](C)OC(=O)CCC(=O)OC1=CC[C@@]2(O)[C@H]3Cc4ccc(CO)c5c4[C@@]2(CCN3C)[C@H]1O5.O=CC(F)(F)F.O=CC(F)(F)F.O=CC(F)(F)F. The van der Waals surface area contributed by atoms with E-state index in [4.69, 9.17) is 66.9 Å². The molecule has 0 radical (unpaired) electrons. The summed E-state index contributed by atoms with van der Waals surface area (Å²) < 4.78 is 151. The van der Waals surface area contributed by atoms with Gasteiger partial charge in [0.15, 0.2) is 42.4 Å². The molecule has 7 N–H and O–H groups in total. The fourth-order valence-corrected chi connectivity index (χ4v) is 21.9. The zero-order valence-electron chi connectivity index (χ0n) is 81.5. The van der Waals surface area contributed by atoms with Crippen LogP contribution in [0.3, 0.4) is 0 Å². The maximum atomic E-state index is 13.3. The molecule has 788 valence electrons. The van der Waals surface area contributed by atoms with Crippen molar-refractivity contribution in [3.8, 4) is 17.2 Å². The predicted molar refractivity (Wildman–Crippen MR) is 489 cm³/mol. The number of carbonyl (C=O) groups excluding carboxylic acids is 11. The fourth-order valence-electron chi connectivity index (χ4n) is 21.9.